The van der Waals surface area contributed by atoms with E-state index in [0.29, 0.717) is 32.2 Å². The minimum Gasteiger partial charge on any atom is -0.377 e. The smallest absolute Gasteiger partial charge is 0.319 e. The Kier molecular flexibility index (Phi) is 7.35. The fourth-order valence-electron chi connectivity index (χ4n) is 4.42. The van der Waals surface area contributed by atoms with Crippen LogP contribution in [0.5, 0.6) is 0 Å². The first-order valence-electron chi connectivity index (χ1n) is 12.0. The summed E-state index contributed by atoms with van der Waals surface area (Å²) in [5.74, 6) is 1.60. The number of ether oxygens (including phenoxy) is 2. The predicted octanol–water partition coefficient (Wildman–Crippen LogP) is 3.21. The number of hydrogen-bond acceptors (Lipinski definition) is 7. The molecule has 9 nitrogen and oxygen atoms in total. The second-order valence-electron chi connectivity index (χ2n) is 9.45. The fraction of sp³-hybridized carbons (Fsp3) is 0.560. The summed E-state index contributed by atoms with van der Waals surface area (Å²) in [6, 6.07) is 7.64. The largest absolute Gasteiger partial charge is 0.377 e. The van der Waals surface area contributed by atoms with E-state index in [0.717, 1.165) is 47.8 Å². The second kappa shape index (κ2) is 10.2. The van der Waals surface area contributed by atoms with Crippen LogP contribution in [0.15, 0.2) is 24.3 Å². The molecule has 2 atom stereocenters. The third kappa shape index (κ3) is 5.16. The first-order valence-corrected chi connectivity index (χ1v) is 12.0. The number of rotatable bonds is 7. The van der Waals surface area contributed by atoms with Gasteiger partial charge in [-0.25, -0.2) is 14.8 Å². The van der Waals surface area contributed by atoms with Crippen molar-refractivity contribution in [2.24, 2.45) is 0 Å². The van der Waals surface area contributed by atoms with E-state index in [1.165, 1.54) is 0 Å². The van der Waals surface area contributed by atoms with Crippen molar-refractivity contribution in [2.75, 3.05) is 57.2 Å². The third-order valence-corrected chi connectivity index (χ3v) is 6.44. The van der Waals surface area contributed by atoms with Gasteiger partial charge in [0.2, 0.25) is 0 Å². The summed E-state index contributed by atoms with van der Waals surface area (Å²) in [5, 5.41) is 5.57. The van der Waals surface area contributed by atoms with Crippen LogP contribution in [0.25, 0.3) is 11.4 Å². The van der Waals surface area contributed by atoms with Crippen molar-refractivity contribution >= 4 is 17.5 Å². The zero-order chi connectivity index (χ0) is 24.3. The van der Waals surface area contributed by atoms with E-state index in [-0.39, 0.29) is 12.1 Å². The highest BCUT2D eigenvalue weighted by molar-refractivity contribution is 5.89. The minimum atomic E-state index is -0.471. The molecule has 3 heterocycles. The number of anilines is 2. The number of morpholine rings is 1. The topological polar surface area (TPSA) is 91.9 Å². The first kappa shape index (κ1) is 24.4. The van der Waals surface area contributed by atoms with Gasteiger partial charge in [-0.3, -0.25) is 0 Å². The molecule has 0 spiro atoms. The highest BCUT2D eigenvalue weighted by atomic mass is 16.5. The molecule has 1 fully saturated rings. The third-order valence-electron chi connectivity index (χ3n) is 6.44. The maximum Gasteiger partial charge on any atom is 0.319 e. The highest BCUT2D eigenvalue weighted by Crippen LogP contribution is 2.42. The molecule has 2 amide bonds. The van der Waals surface area contributed by atoms with E-state index in [9.17, 15) is 4.79 Å². The minimum absolute atomic E-state index is 0.220. The van der Waals surface area contributed by atoms with E-state index >= 15 is 0 Å². The van der Waals surface area contributed by atoms with Crippen LogP contribution in [0.4, 0.5) is 16.3 Å². The molecule has 1 aromatic carbocycles. The van der Waals surface area contributed by atoms with Gasteiger partial charge in [-0.2, -0.15) is 0 Å². The summed E-state index contributed by atoms with van der Waals surface area (Å²) >= 11 is 0. The van der Waals surface area contributed by atoms with Gasteiger partial charge in [-0.05, 0) is 65.6 Å². The zero-order valence-corrected chi connectivity index (χ0v) is 20.9. The number of benzene rings is 1. The number of fused-ring (bicyclic) bond motifs is 1. The van der Waals surface area contributed by atoms with Crippen LogP contribution in [0, 0.1) is 0 Å². The summed E-state index contributed by atoms with van der Waals surface area (Å²) < 4.78 is 12.0. The molecule has 0 radical (unpaired) electrons. The number of amides is 2. The number of nitrogens with zero attached hydrogens (tertiary/aromatic N) is 4. The van der Waals surface area contributed by atoms with Crippen molar-refractivity contribution in [3.63, 3.8) is 0 Å². The fourth-order valence-corrected chi connectivity index (χ4v) is 4.42. The Balaban J connectivity index is 1.72. The molecule has 2 aliphatic rings. The lowest BCUT2D eigenvalue weighted by atomic mass is 9.95. The average Bonchev–Trinajstić information content (AvgIpc) is 3.15. The van der Waals surface area contributed by atoms with Crippen molar-refractivity contribution in [1.82, 2.24) is 20.2 Å². The average molecular weight is 469 g/mol. The van der Waals surface area contributed by atoms with E-state index in [4.69, 9.17) is 19.4 Å². The Morgan fingerprint density at radius 3 is 2.71 bits per heavy atom. The zero-order valence-electron chi connectivity index (χ0n) is 20.9. The van der Waals surface area contributed by atoms with Gasteiger partial charge in [0.25, 0.3) is 0 Å². The number of aromatic nitrogens is 2. The molecule has 1 saturated heterocycles. The molecule has 9 heteroatoms. The molecule has 2 aliphatic heterocycles. The van der Waals surface area contributed by atoms with E-state index in [1.54, 1.807) is 0 Å². The lowest BCUT2D eigenvalue weighted by molar-refractivity contribution is -0.0353. The van der Waals surface area contributed by atoms with Crippen LogP contribution in [0.1, 0.15) is 38.4 Å². The Morgan fingerprint density at radius 1 is 1.26 bits per heavy atom. The molecule has 2 aromatic rings. The second-order valence-corrected chi connectivity index (χ2v) is 9.45. The Labute approximate surface area is 201 Å². The summed E-state index contributed by atoms with van der Waals surface area (Å²) in [6.07, 6.45) is 0.844. The Morgan fingerprint density at radius 2 is 2.03 bits per heavy atom. The van der Waals surface area contributed by atoms with Gasteiger partial charge in [0, 0.05) is 36.4 Å². The van der Waals surface area contributed by atoms with Crippen molar-refractivity contribution in [3.05, 3.63) is 35.5 Å². The molecule has 34 heavy (non-hydrogen) atoms. The van der Waals surface area contributed by atoms with Crippen LogP contribution in [0.3, 0.4) is 0 Å². The van der Waals surface area contributed by atoms with Crippen LogP contribution < -0.4 is 15.5 Å². The summed E-state index contributed by atoms with van der Waals surface area (Å²) in [7, 11) is 4.14. The lowest BCUT2D eigenvalue weighted by Crippen LogP contribution is -2.44. The summed E-state index contributed by atoms with van der Waals surface area (Å²) in [5.41, 5.74) is 3.19. The summed E-state index contributed by atoms with van der Waals surface area (Å²) in [4.78, 5) is 26.4. The number of urea groups is 1. The molecule has 4 rings (SSSR count). The van der Waals surface area contributed by atoms with Crippen molar-refractivity contribution in [3.8, 4) is 11.4 Å². The number of carbonyl (C=O) groups excluding carboxylic acids is 1. The Bertz CT molecular complexity index is 1010. The Hall–Kier alpha value is -2.75. The van der Waals surface area contributed by atoms with E-state index < -0.39 is 5.60 Å². The quantitative estimate of drug-likeness (QED) is 0.645. The maximum atomic E-state index is 11.8. The molecule has 1 aromatic heterocycles. The first-order chi connectivity index (χ1) is 16.3. The maximum absolute atomic E-state index is 11.8. The van der Waals surface area contributed by atoms with Crippen molar-refractivity contribution < 1.29 is 14.3 Å². The van der Waals surface area contributed by atoms with Gasteiger partial charge in [-0.15, -0.1) is 0 Å². The van der Waals surface area contributed by atoms with Crippen LogP contribution in [-0.2, 0) is 21.7 Å². The predicted molar refractivity (Wildman–Crippen MR) is 133 cm³/mol. The van der Waals surface area contributed by atoms with Gasteiger partial charge >= 0.3 is 6.03 Å². The molecule has 2 N–H and O–H groups in total. The van der Waals surface area contributed by atoms with Gasteiger partial charge < -0.3 is 29.9 Å². The van der Waals surface area contributed by atoms with Crippen LogP contribution in [-0.4, -0.2) is 73.9 Å². The van der Waals surface area contributed by atoms with Gasteiger partial charge in [-0.1, -0.05) is 0 Å². The van der Waals surface area contributed by atoms with Crippen molar-refractivity contribution in [2.45, 2.75) is 45.4 Å². The molecule has 184 valence electrons. The molecule has 0 saturated carbocycles. The molecule has 0 aliphatic carbocycles. The van der Waals surface area contributed by atoms with Crippen molar-refractivity contribution in [1.29, 1.82) is 0 Å². The number of hydrogen-bond donors (Lipinski definition) is 2. The SMILES string of the molecule is CCNC(=O)Nc1ccc(-c2nc(N3CCOC[C@@H]3C)c3c(n2)[C@@](C)(CCN(C)C)OC3)cc1. The summed E-state index contributed by atoms with van der Waals surface area (Å²) in [6.45, 7) is 10.3. The van der Waals surface area contributed by atoms with Gasteiger partial charge in [0.1, 0.15) is 11.4 Å². The number of carbonyl (C=O) groups is 1. The monoisotopic (exact) mass is 468 g/mol. The van der Waals surface area contributed by atoms with E-state index in [1.807, 2.05) is 31.2 Å². The molecule has 0 bridgehead atoms. The van der Waals surface area contributed by atoms with Gasteiger partial charge in [0.15, 0.2) is 5.82 Å². The van der Waals surface area contributed by atoms with Crippen LogP contribution >= 0.6 is 0 Å². The molecular formula is C25H36N6O3. The molecular weight excluding hydrogens is 432 g/mol. The normalized spacial score (nSPS) is 22.1. The molecule has 0 unspecified atom stereocenters. The van der Waals surface area contributed by atoms with Crippen LogP contribution in [0.2, 0.25) is 0 Å². The lowest BCUT2D eigenvalue weighted by Gasteiger charge is -2.35. The van der Waals surface area contributed by atoms with Gasteiger partial charge in [0.05, 0.1) is 31.6 Å². The number of nitrogens with one attached hydrogen (secondary N) is 2. The standard InChI is InChI=1S/C25H36N6O3/c1-6-26-24(32)27-19-9-7-18(8-10-19)22-28-21-20(16-34-25(21,3)11-12-30(4)5)23(29-22)31-13-14-33-15-17(31)2/h7-10,17H,6,11-16H2,1-5H3,(H2,26,27,32)/t17-,25+/m0/s1. The van der Waals surface area contributed by atoms with E-state index in [2.05, 4.69) is 48.4 Å². The highest BCUT2D eigenvalue weighted by Gasteiger charge is 2.41.